The Hall–Kier alpha value is -0.410. The number of rotatable bonds is 5. The van der Waals surface area contributed by atoms with Gasteiger partial charge in [0.2, 0.25) is 0 Å². The Morgan fingerprint density at radius 3 is 2.87 bits per heavy atom. The van der Waals surface area contributed by atoms with Crippen molar-refractivity contribution in [3.63, 3.8) is 0 Å². The second kappa shape index (κ2) is 6.23. The molecule has 0 aliphatic heterocycles. The van der Waals surface area contributed by atoms with Crippen molar-refractivity contribution >= 4 is 15.9 Å². The van der Waals surface area contributed by atoms with Crippen molar-refractivity contribution in [1.82, 2.24) is 0 Å². The van der Waals surface area contributed by atoms with Gasteiger partial charge in [-0.05, 0) is 36.6 Å². The lowest BCUT2D eigenvalue weighted by Crippen LogP contribution is -2.22. The van der Waals surface area contributed by atoms with Crippen molar-refractivity contribution in [3.05, 3.63) is 34.1 Å². The smallest absolute Gasteiger partial charge is 0.123 e. The fourth-order valence-electron chi connectivity index (χ4n) is 1.55. The predicted molar refractivity (Wildman–Crippen MR) is 65.3 cm³/mol. The molecule has 0 amide bonds. The fourth-order valence-corrected chi connectivity index (χ4v) is 1.96. The highest BCUT2D eigenvalue weighted by atomic mass is 79.9. The summed E-state index contributed by atoms with van der Waals surface area (Å²) in [7, 11) is 0. The second-order valence-corrected chi connectivity index (χ2v) is 4.70. The first-order valence-electron chi connectivity index (χ1n) is 5.33. The minimum Gasteiger partial charge on any atom is -0.327 e. The Kier molecular flexibility index (Phi) is 5.26. The maximum Gasteiger partial charge on any atom is 0.123 e. The van der Waals surface area contributed by atoms with Gasteiger partial charge in [-0.3, -0.25) is 0 Å². The van der Waals surface area contributed by atoms with Gasteiger partial charge in [0.25, 0.3) is 0 Å². The molecule has 0 saturated heterocycles. The monoisotopic (exact) mass is 273 g/mol. The Morgan fingerprint density at radius 2 is 2.20 bits per heavy atom. The van der Waals surface area contributed by atoms with E-state index < -0.39 is 0 Å². The summed E-state index contributed by atoms with van der Waals surface area (Å²) in [6.45, 7) is 2.14. The van der Waals surface area contributed by atoms with Gasteiger partial charge < -0.3 is 5.73 Å². The average Bonchev–Trinajstić information content (AvgIpc) is 2.20. The topological polar surface area (TPSA) is 26.0 Å². The maximum atomic E-state index is 13.0. The highest BCUT2D eigenvalue weighted by Gasteiger charge is 2.07. The highest BCUT2D eigenvalue weighted by Crippen LogP contribution is 2.20. The molecule has 15 heavy (non-hydrogen) atoms. The molecule has 0 heterocycles. The van der Waals surface area contributed by atoms with Crippen molar-refractivity contribution in [2.45, 2.75) is 38.6 Å². The van der Waals surface area contributed by atoms with Gasteiger partial charge in [-0.2, -0.15) is 0 Å². The van der Waals surface area contributed by atoms with Crippen LogP contribution in [0.4, 0.5) is 4.39 Å². The fraction of sp³-hybridized carbons (Fsp3) is 0.500. The van der Waals surface area contributed by atoms with E-state index in [4.69, 9.17) is 5.73 Å². The summed E-state index contributed by atoms with van der Waals surface area (Å²) >= 11 is 3.40. The zero-order valence-electron chi connectivity index (χ0n) is 8.97. The van der Waals surface area contributed by atoms with Gasteiger partial charge >= 0.3 is 0 Å². The highest BCUT2D eigenvalue weighted by molar-refractivity contribution is 9.10. The first-order chi connectivity index (χ1) is 7.13. The van der Waals surface area contributed by atoms with Gasteiger partial charge in [0.05, 0.1) is 0 Å². The zero-order valence-corrected chi connectivity index (χ0v) is 10.6. The van der Waals surface area contributed by atoms with E-state index >= 15 is 0 Å². The molecule has 2 N–H and O–H groups in total. The number of hydrogen-bond donors (Lipinski definition) is 1. The van der Waals surface area contributed by atoms with E-state index in [1.165, 1.54) is 6.07 Å². The van der Waals surface area contributed by atoms with Gasteiger partial charge in [-0.1, -0.05) is 35.7 Å². The molecule has 84 valence electrons. The van der Waals surface area contributed by atoms with E-state index in [9.17, 15) is 4.39 Å². The van der Waals surface area contributed by atoms with Crippen molar-refractivity contribution in [2.75, 3.05) is 0 Å². The SMILES string of the molecule is CCCCC(N)Cc1cc(F)ccc1Br. The van der Waals surface area contributed by atoms with Gasteiger partial charge in [0.1, 0.15) is 5.82 Å². The van der Waals surface area contributed by atoms with Crippen molar-refractivity contribution in [1.29, 1.82) is 0 Å². The molecule has 1 aromatic rings. The van der Waals surface area contributed by atoms with Crippen LogP contribution >= 0.6 is 15.9 Å². The normalized spacial score (nSPS) is 12.8. The summed E-state index contributed by atoms with van der Waals surface area (Å²) in [6.07, 6.45) is 4.02. The molecular weight excluding hydrogens is 257 g/mol. The van der Waals surface area contributed by atoms with Crippen LogP contribution < -0.4 is 5.73 Å². The molecule has 1 unspecified atom stereocenters. The van der Waals surface area contributed by atoms with E-state index in [1.54, 1.807) is 12.1 Å². The summed E-state index contributed by atoms with van der Waals surface area (Å²) < 4.78 is 13.9. The average molecular weight is 274 g/mol. The second-order valence-electron chi connectivity index (χ2n) is 3.84. The quantitative estimate of drug-likeness (QED) is 0.871. The molecule has 1 atom stereocenters. The largest absolute Gasteiger partial charge is 0.327 e. The van der Waals surface area contributed by atoms with Crippen LogP contribution in [-0.4, -0.2) is 6.04 Å². The van der Waals surface area contributed by atoms with Gasteiger partial charge in [0, 0.05) is 10.5 Å². The standard InChI is InChI=1S/C12H17BrFN/c1-2-3-4-11(15)8-9-7-10(14)5-6-12(9)13/h5-7,11H,2-4,8,15H2,1H3. The number of hydrogen-bond acceptors (Lipinski definition) is 1. The lowest BCUT2D eigenvalue weighted by Gasteiger charge is -2.12. The molecule has 1 nitrogen and oxygen atoms in total. The van der Waals surface area contributed by atoms with Crippen LogP contribution in [0.15, 0.2) is 22.7 Å². The minimum atomic E-state index is -0.198. The molecule has 0 radical (unpaired) electrons. The van der Waals surface area contributed by atoms with Crippen LogP contribution in [-0.2, 0) is 6.42 Å². The Morgan fingerprint density at radius 1 is 1.47 bits per heavy atom. The van der Waals surface area contributed by atoms with E-state index in [-0.39, 0.29) is 11.9 Å². The molecule has 3 heteroatoms. The van der Waals surface area contributed by atoms with Crippen molar-refractivity contribution in [3.8, 4) is 0 Å². The summed E-state index contributed by atoms with van der Waals surface area (Å²) in [5, 5.41) is 0. The number of benzene rings is 1. The third-order valence-electron chi connectivity index (χ3n) is 2.42. The van der Waals surface area contributed by atoms with Gasteiger partial charge in [-0.15, -0.1) is 0 Å². The summed E-state index contributed by atoms with van der Waals surface area (Å²) in [5.41, 5.74) is 6.92. The van der Waals surface area contributed by atoms with Crippen molar-refractivity contribution in [2.24, 2.45) is 5.73 Å². The molecule has 0 saturated carbocycles. The van der Waals surface area contributed by atoms with Crippen LogP contribution in [0, 0.1) is 5.82 Å². The van der Waals surface area contributed by atoms with Crippen LogP contribution in [0.5, 0.6) is 0 Å². The molecule has 0 spiro atoms. The number of nitrogens with two attached hydrogens (primary N) is 1. The van der Waals surface area contributed by atoms with Crippen LogP contribution in [0.25, 0.3) is 0 Å². The lowest BCUT2D eigenvalue weighted by atomic mass is 10.0. The lowest BCUT2D eigenvalue weighted by molar-refractivity contribution is 0.569. The summed E-state index contributed by atoms with van der Waals surface area (Å²) in [4.78, 5) is 0. The Labute approximate surface area is 99.0 Å². The third kappa shape index (κ3) is 4.31. The van der Waals surface area contributed by atoms with E-state index in [2.05, 4.69) is 22.9 Å². The molecule has 0 bridgehead atoms. The molecule has 0 aromatic heterocycles. The van der Waals surface area contributed by atoms with Crippen LogP contribution in [0.2, 0.25) is 0 Å². The molecular formula is C12H17BrFN. The first-order valence-corrected chi connectivity index (χ1v) is 6.12. The number of halogens is 2. The van der Waals surface area contributed by atoms with E-state index in [0.717, 1.165) is 35.7 Å². The summed E-state index contributed by atoms with van der Waals surface area (Å²) in [6, 6.07) is 4.86. The molecule has 1 aromatic carbocycles. The third-order valence-corrected chi connectivity index (χ3v) is 3.19. The van der Waals surface area contributed by atoms with Crippen LogP contribution in [0.1, 0.15) is 31.7 Å². The molecule has 1 rings (SSSR count). The van der Waals surface area contributed by atoms with Crippen molar-refractivity contribution < 1.29 is 4.39 Å². The minimum absolute atomic E-state index is 0.128. The number of unbranched alkanes of at least 4 members (excludes halogenated alkanes) is 1. The van der Waals surface area contributed by atoms with E-state index in [1.807, 2.05) is 0 Å². The van der Waals surface area contributed by atoms with Crippen LogP contribution in [0.3, 0.4) is 0 Å². The first kappa shape index (κ1) is 12.7. The Balaban J connectivity index is 2.59. The molecule has 0 aliphatic rings. The predicted octanol–water partition coefficient (Wildman–Crippen LogP) is 3.65. The van der Waals surface area contributed by atoms with E-state index in [0.29, 0.717) is 0 Å². The maximum absolute atomic E-state index is 13.0. The molecule has 0 aliphatic carbocycles. The summed E-state index contributed by atoms with van der Waals surface area (Å²) in [5.74, 6) is -0.198. The van der Waals surface area contributed by atoms with Gasteiger partial charge in [0.15, 0.2) is 0 Å². The zero-order chi connectivity index (χ0) is 11.3. The Bertz CT molecular complexity index is 314. The molecule has 0 fully saturated rings. The van der Waals surface area contributed by atoms with Gasteiger partial charge in [-0.25, -0.2) is 4.39 Å².